The lowest BCUT2D eigenvalue weighted by atomic mass is 9.36. The van der Waals surface area contributed by atoms with Gasteiger partial charge in [0.25, 0.3) is 6.71 Å². The van der Waals surface area contributed by atoms with E-state index in [9.17, 15) is 0 Å². The minimum Gasteiger partial charge on any atom is -0.311 e. The fourth-order valence-corrected chi connectivity index (χ4v) is 16.6. The van der Waals surface area contributed by atoms with E-state index in [0.29, 0.717) is 5.92 Å². The van der Waals surface area contributed by atoms with E-state index in [1.54, 1.807) is 0 Å². The van der Waals surface area contributed by atoms with Crippen LogP contribution in [0.25, 0.3) is 44.5 Å². The molecular weight excluding hydrogens is 900 g/mol. The number of hydrogen-bond acceptors (Lipinski definition) is 3. The molecule has 17 rings (SSSR count). The lowest BCUT2D eigenvalue weighted by Gasteiger charge is -2.44. The molecule has 6 aliphatic rings. The summed E-state index contributed by atoms with van der Waals surface area (Å²) in [4.78, 5) is 6.67. The summed E-state index contributed by atoms with van der Waals surface area (Å²) in [5.74, 6) is 0.386. The van der Waals surface area contributed by atoms with Crippen molar-refractivity contribution in [3.8, 4) is 44.5 Å². The summed E-state index contributed by atoms with van der Waals surface area (Å²) in [5, 5.41) is 0. The minimum absolute atomic E-state index is 0.0498. The van der Waals surface area contributed by atoms with Gasteiger partial charge >= 0.3 is 0 Å². The third-order valence-electron chi connectivity index (χ3n) is 17.6. The van der Waals surface area contributed by atoms with Gasteiger partial charge in [-0.1, -0.05) is 202 Å². The molecule has 0 saturated carbocycles. The Morgan fingerprint density at radius 2 is 0.849 bits per heavy atom. The van der Waals surface area contributed by atoms with E-state index in [2.05, 4.69) is 266 Å². The average Bonchev–Trinajstić information content (AvgIpc) is 4.33. The van der Waals surface area contributed by atoms with Gasteiger partial charge in [0.1, 0.15) is 0 Å². The van der Waals surface area contributed by atoms with E-state index >= 15 is 0 Å². The third kappa shape index (κ3) is 4.74. The molecule has 11 aromatic rings. The van der Waals surface area contributed by atoms with Crippen molar-refractivity contribution in [2.75, 3.05) is 9.80 Å². The van der Waals surface area contributed by atoms with E-state index in [0.717, 1.165) is 5.69 Å². The number of nitrogens with zero attached hydrogens (tertiary/aromatic N) is 2. The number of hydrogen-bond donors (Lipinski definition) is 0. The van der Waals surface area contributed by atoms with Crippen molar-refractivity contribution in [2.24, 2.45) is 0 Å². The normalized spacial score (nSPS) is 15.2. The van der Waals surface area contributed by atoms with Gasteiger partial charge < -0.3 is 9.80 Å². The van der Waals surface area contributed by atoms with Crippen LogP contribution in [-0.4, -0.2) is 6.71 Å². The van der Waals surface area contributed by atoms with Gasteiger partial charge in [0, 0.05) is 43.7 Å². The van der Waals surface area contributed by atoms with Crippen LogP contribution in [-0.2, 0) is 10.8 Å². The average molecular weight is 945 g/mol. The Morgan fingerprint density at radius 3 is 1.40 bits per heavy atom. The van der Waals surface area contributed by atoms with Crippen molar-refractivity contribution in [2.45, 2.75) is 30.6 Å². The number of benzene rings is 10. The van der Waals surface area contributed by atoms with Crippen LogP contribution >= 0.6 is 11.3 Å². The van der Waals surface area contributed by atoms with Gasteiger partial charge in [-0.25, -0.2) is 0 Å². The molecule has 0 fully saturated rings. The first-order chi connectivity index (χ1) is 36.1. The zero-order valence-corrected chi connectivity index (χ0v) is 41.2. The fraction of sp³-hybridized carbons (Fsp3) is 0.0725. The van der Waals surface area contributed by atoms with Crippen LogP contribution < -0.4 is 25.5 Å². The molecule has 0 N–H and O–H groups in total. The second-order valence-electron chi connectivity index (χ2n) is 21.1. The lowest BCUT2D eigenvalue weighted by molar-refractivity contribution is 0.794. The zero-order chi connectivity index (χ0) is 47.9. The topological polar surface area (TPSA) is 6.48 Å². The highest BCUT2D eigenvalue weighted by molar-refractivity contribution is 7.30. The quantitative estimate of drug-likeness (QED) is 0.163. The minimum atomic E-state index is -0.484. The van der Waals surface area contributed by atoms with Crippen LogP contribution in [0.2, 0.25) is 0 Å². The first-order valence-electron chi connectivity index (χ1n) is 25.9. The highest BCUT2D eigenvalue weighted by Crippen LogP contribution is 2.68. The van der Waals surface area contributed by atoms with Crippen molar-refractivity contribution < 1.29 is 0 Å². The predicted molar refractivity (Wildman–Crippen MR) is 305 cm³/mol. The maximum absolute atomic E-state index is 2.65. The molecule has 0 atom stereocenters. The molecule has 0 radical (unpaired) electrons. The largest absolute Gasteiger partial charge is 0.311 e. The molecule has 1 aromatic heterocycles. The van der Waals surface area contributed by atoms with Gasteiger partial charge in [-0.3, -0.25) is 0 Å². The van der Waals surface area contributed by atoms with Crippen LogP contribution in [0.3, 0.4) is 0 Å². The van der Waals surface area contributed by atoms with Crippen LogP contribution in [0.4, 0.5) is 34.1 Å². The molecule has 4 aliphatic carbocycles. The second kappa shape index (κ2) is 14.2. The highest BCUT2D eigenvalue weighted by Gasteiger charge is 2.58. The summed E-state index contributed by atoms with van der Waals surface area (Å²) in [5.41, 5.74) is 30.8. The monoisotopic (exact) mass is 944 g/mol. The molecular formula is C69H45BN2S. The van der Waals surface area contributed by atoms with Gasteiger partial charge in [-0.05, 0) is 143 Å². The molecule has 4 heteroatoms. The molecule has 10 aromatic carbocycles. The van der Waals surface area contributed by atoms with E-state index < -0.39 is 10.8 Å². The maximum atomic E-state index is 2.65. The van der Waals surface area contributed by atoms with Crippen molar-refractivity contribution >= 4 is 67.9 Å². The Morgan fingerprint density at radius 1 is 0.384 bits per heavy atom. The molecule has 73 heavy (non-hydrogen) atoms. The van der Waals surface area contributed by atoms with E-state index in [1.807, 2.05) is 0 Å². The fourth-order valence-electron chi connectivity index (χ4n) is 14.9. The third-order valence-corrected chi connectivity index (χ3v) is 19.0. The molecule has 0 amide bonds. The number of anilines is 6. The summed E-state index contributed by atoms with van der Waals surface area (Å²) >= 11 is 2.08. The van der Waals surface area contributed by atoms with E-state index in [1.165, 1.54) is 138 Å². The Balaban J connectivity index is 1.02. The summed E-state index contributed by atoms with van der Waals surface area (Å²) in [6, 6.07) is 88.4. The lowest BCUT2D eigenvalue weighted by Crippen LogP contribution is -2.60. The van der Waals surface area contributed by atoms with Gasteiger partial charge in [-0.2, -0.15) is 0 Å². The molecule has 340 valence electrons. The Kier molecular flexibility index (Phi) is 7.80. The van der Waals surface area contributed by atoms with Crippen molar-refractivity contribution in [3.05, 3.63) is 280 Å². The van der Waals surface area contributed by atoms with Crippen molar-refractivity contribution in [1.29, 1.82) is 0 Å². The van der Waals surface area contributed by atoms with E-state index in [-0.39, 0.29) is 6.71 Å². The van der Waals surface area contributed by atoms with Crippen LogP contribution in [0.15, 0.2) is 231 Å². The van der Waals surface area contributed by atoms with Gasteiger partial charge in [0.15, 0.2) is 0 Å². The number of fused-ring (bicyclic) bond motifs is 25. The summed E-state index contributed by atoms with van der Waals surface area (Å²) < 4.78 is 1.40. The van der Waals surface area contributed by atoms with Crippen LogP contribution in [0.1, 0.15) is 69.2 Å². The predicted octanol–water partition coefficient (Wildman–Crippen LogP) is 15.6. The standard InChI is InChI=1S/C69H45BN2S/c1-41(2)42-36-37-50-57(38-42)69(55-32-17-11-26-47(55)48-27-12-18-33-56(48)69)66-63(50)65-67(73-66)70-59-39-51-49-28-13-16-31-54(49)68(52-29-14-9-24-45(52)46-25-10-15-30-53(46)68)58(51)40-62(59)71(43-20-5-3-6-21-43)60-34-19-35-61(64(60)70)72(65)44-22-7-4-8-23-44/h3-41H,1-2H3. The van der Waals surface area contributed by atoms with E-state index in [4.69, 9.17) is 0 Å². The summed E-state index contributed by atoms with van der Waals surface area (Å²) in [6.07, 6.45) is 0. The van der Waals surface area contributed by atoms with Gasteiger partial charge in [-0.15, -0.1) is 11.3 Å². The molecule has 2 nitrogen and oxygen atoms in total. The Hall–Kier alpha value is -8.44. The molecule has 0 saturated heterocycles. The molecule has 0 unspecified atom stereocenters. The Labute approximate surface area is 430 Å². The van der Waals surface area contributed by atoms with Gasteiger partial charge in [0.2, 0.25) is 0 Å². The molecule has 0 bridgehead atoms. The first-order valence-corrected chi connectivity index (χ1v) is 26.7. The highest BCUT2D eigenvalue weighted by atomic mass is 32.1. The summed E-state index contributed by atoms with van der Waals surface area (Å²) in [6.45, 7) is 4.62. The SMILES string of the molecule is CC(C)c1ccc2c(c1)C1(c3ccccc3-c3ccccc31)c1sc3c(c1-2)N(c1ccccc1)c1cccc2c1B3c1cc3c(cc1N2c1ccccc1)C1(c2ccccc2-c2ccccc21)c1ccccc1-3. The Bertz CT molecular complexity index is 4130. The van der Waals surface area contributed by atoms with Crippen LogP contribution in [0.5, 0.6) is 0 Å². The number of thiophene rings is 1. The second-order valence-corrected chi connectivity index (χ2v) is 22.2. The van der Waals surface area contributed by atoms with Crippen LogP contribution in [0, 0.1) is 0 Å². The van der Waals surface area contributed by atoms with Crippen molar-refractivity contribution in [3.63, 3.8) is 0 Å². The number of rotatable bonds is 3. The first kappa shape index (κ1) is 40.2. The maximum Gasteiger partial charge on any atom is 0.264 e. The van der Waals surface area contributed by atoms with Gasteiger partial charge in [0.05, 0.1) is 16.5 Å². The zero-order valence-electron chi connectivity index (χ0n) is 40.4. The smallest absolute Gasteiger partial charge is 0.264 e. The molecule has 3 heterocycles. The molecule has 2 spiro atoms. The van der Waals surface area contributed by atoms with Crippen molar-refractivity contribution in [1.82, 2.24) is 0 Å². The molecule has 2 aliphatic heterocycles. The number of para-hydroxylation sites is 2. The summed E-state index contributed by atoms with van der Waals surface area (Å²) in [7, 11) is 0.